The quantitative estimate of drug-likeness (QED) is 0.543. The van der Waals surface area contributed by atoms with Gasteiger partial charge in [0, 0.05) is 10.1 Å². The SMILES string of the molecule is CC(Cl)c1nc2cc(I)ccc2n1CC1CCSC1. The smallest absolute Gasteiger partial charge is 0.127 e. The second kappa shape index (κ2) is 5.82. The molecule has 1 aromatic heterocycles. The van der Waals surface area contributed by atoms with Crippen LogP contribution >= 0.6 is 46.0 Å². The van der Waals surface area contributed by atoms with Crippen molar-refractivity contribution in [2.75, 3.05) is 11.5 Å². The summed E-state index contributed by atoms with van der Waals surface area (Å²) in [6.45, 7) is 3.06. The number of hydrogen-bond donors (Lipinski definition) is 0. The van der Waals surface area contributed by atoms with E-state index in [1.165, 1.54) is 27.0 Å². The molecule has 1 saturated heterocycles. The molecule has 0 bridgehead atoms. The van der Waals surface area contributed by atoms with Crippen molar-refractivity contribution in [3.05, 3.63) is 27.6 Å². The molecule has 3 rings (SSSR count). The van der Waals surface area contributed by atoms with Crippen molar-refractivity contribution in [1.29, 1.82) is 0 Å². The summed E-state index contributed by atoms with van der Waals surface area (Å²) in [5.41, 5.74) is 2.29. The normalized spacial score (nSPS) is 21.1. The minimum atomic E-state index is -0.0425. The average molecular weight is 407 g/mol. The van der Waals surface area contributed by atoms with E-state index in [9.17, 15) is 0 Å². The van der Waals surface area contributed by atoms with Crippen molar-refractivity contribution in [1.82, 2.24) is 9.55 Å². The van der Waals surface area contributed by atoms with Crippen LogP contribution in [-0.4, -0.2) is 21.1 Å². The van der Waals surface area contributed by atoms with Gasteiger partial charge in [-0.1, -0.05) is 0 Å². The molecular formula is C14H16ClIN2S. The first-order valence-corrected chi connectivity index (χ1v) is 9.19. The number of thioether (sulfide) groups is 1. The van der Waals surface area contributed by atoms with Gasteiger partial charge in [0.15, 0.2) is 0 Å². The molecule has 5 heteroatoms. The second-order valence-electron chi connectivity index (χ2n) is 5.06. The largest absolute Gasteiger partial charge is 0.326 e. The van der Waals surface area contributed by atoms with Crippen LogP contribution in [0.5, 0.6) is 0 Å². The van der Waals surface area contributed by atoms with Crippen LogP contribution in [0.4, 0.5) is 0 Å². The van der Waals surface area contributed by atoms with Gasteiger partial charge in [0.05, 0.1) is 16.4 Å². The summed E-state index contributed by atoms with van der Waals surface area (Å²) in [5, 5.41) is -0.0425. The Hall–Kier alpha value is 0.0600. The Morgan fingerprint density at radius 1 is 1.58 bits per heavy atom. The third-order valence-corrected chi connectivity index (χ3v) is 5.66. The molecule has 2 unspecified atom stereocenters. The van der Waals surface area contributed by atoms with Crippen LogP contribution in [0.3, 0.4) is 0 Å². The summed E-state index contributed by atoms with van der Waals surface area (Å²) in [6.07, 6.45) is 1.31. The van der Waals surface area contributed by atoms with Gasteiger partial charge in [0.2, 0.25) is 0 Å². The minimum Gasteiger partial charge on any atom is -0.326 e. The molecule has 19 heavy (non-hydrogen) atoms. The number of hydrogen-bond acceptors (Lipinski definition) is 2. The van der Waals surface area contributed by atoms with Crippen LogP contribution in [0.2, 0.25) is 0 Å². The summed E-state index contributed by atoms with van der Waals surface area (Å²) in [7, 11) is 0. The number of benzene rings is 1. The molecule has 0 aliphatic carbocycles. The van der Waals surface area contributed by atoms with Gasteiger partial charge in [-0.2, -0.15) is 11.8 Å². The molecule has 102 valence electrons. The van der Waals surface area contributed by atoms with Gasteiger partial charge in [-0.15, -0.1) is 11.6 Å². The van der Waals surface area contributed by atoms with E-state index in [1.54, 1.807) is 0 Å². The first-order chi connectivity index (χ1) is 9.15. The lowest BCUT2D eigenvalue weighted by atomic mass is 10.1. The number of halogens is 2. The van der Waals surface area contributed by atoms with E-state index >= 15 is 0 Å². The molecular weight excluding hydrogens is 391 g/mol. The predicted octanol–water partition coefficient (Wildman–Crippen LogP) is 4.69. The van der Waals surface area contributed by atoms with Gasteiger partial charge < -0.3 is 4.57 Å². The molecule has 0 radical (unpaired) electrons. The van der Waals surface area contributed by atoms with Gasteiger partial charge in [-0.05, 0) is 71.6 Å². The van der Waals surface area contributed by atoms with Crippen molar-refractivity contribution < 1.29 is 0 Å². The lowest BCUT2D eigenvalue weighted by molar-refractivity contribution is 0.488. The van der Waals surface area contributed by atoms with E-state index < -0.39 is 0 Å². The molecule has 2 aromatic rings. The summed E-state index contributed by atoms with van der Waals surface area (Å²) in [4.78, 5) is 4.73. The molecule has 0 N–H and O–H groups in total. The Kier molecular flexibility index (Phi) is 4.29. The molecule has 0 spiro atoms. The summed E-state index contributed by atoms with van der Waals surface area (Å²) < 4.78 is 3.56. The molecule has 0 amide bonds. The Balaban J connectivity index is 2.05. The first-order valence-electron chi connectivity index (χ1n) is 6.52. The highest BCUT2D eigenvalue weighted by Gasteiger charge is 2.21. The number of rotatable bonds is 3. The van der Waals surface area contributed by atoms with Gasteiger partial charge >= 0.3 is 0 Å². The summed E-state index contributed by atoms with van der Waals surface area (Å²) >= 11 is 10.7. The standard InChI is InChI=1S/C14H16ClIN2S/c1-9(15)14-17-12-6-11(16)2-3-13(12)18(14)7-10-4-5-19-8-10/h2-3,6,9-10H,4-5,7-8H2,1H3. The highest BCUT2D eigenvalue weighted by molar-refractivity contribution is 14.1. The van der Waals surface area contributed by atoms with Crippen LogP contribution in [0, 0.1) is 9.49 Å². The Bertz CT molecular complexity index is 590. The third kappa shape index (κ3) is 2.90. The number of nitrogens with zero attached hydrogens (tertiary/aromatic N) is 2. The van der Waals surface area contributed by atoms with E-state index in [4.69, 9.17) is 16.6 Å². The fourth-order valence-corrected chi connectivity index (χ4v) is 4.52. The average Bonchev–Trinajstić information content (AvgIpc) is 2.97. The number of aromatic nitrogens is 2. The highest BCUT2D eigenvalue weighted by atomic mass is 127. The molecule has 1 aromatic carbocycles. The van der Waals surface area contributed by atoms with Crippen LogP contribution in [-0.2, 0) is 6.54 Å². The maximum atomic E-state index is 6.31. The number of alkyl halides is 1. The van der Waals surface area contributed by atoms with Gasteiger partial charge in [0.1, 0.15) is 5.82 Å². The predicted molar refractivity (Wildman–Crippen MR) is 92.2 cm³/mol. The van der Waals surface area contributed by atoms with Crippen molar-refractivity contribution in [2.45, 2.75) is 25.3 Å². The lowest BCUT2D eigenvalue weighted by Gasteiger charge is -2.14. The highest BCUT2D eigenvalue weighted by Crippen LogP contribution is 2.30. The fourth-order valence-electron chi connectivity index (χ4n) is 2.60. The molecule has 2 atom stereocenters. The number of imidazole rings is 1. The topological polar surface area (TPSA) is 17.8 Å². The van der Waals surface area contributed by atoms with Crippen molar-refractivity contribution in [3.63, 3.8) is 0 Å². The zero-order chi connectivity index (χ0) is 13.4. The van der Waals surface area contributed by atoms with E-state index in [2.05, 4.69) is 57.1 Å². The van der Waals surface area contributed by atoms with Gasteiger partial charge in [-0.3, -0.25) is 0 Å². The number of fused-ring (bicyclic) bond motifs is 1. The summed E-state index contributed by atoms with van der Waals surface area (Å²) in [5.74, 6) is 4.33. The maximum absolute atomic E-state index is 6.31. The van der Waals surface area contributed by atoms with Crippen LogP contribution in [0.15, 0.2) is 18.2 Å². The molecule has 0 saturated carbocycles. The molecule has 2 nitrogen and oxygen atoms in total. The Morgan fingerprint density at radius 2 is 2.42 bits per heavy atom. The second-order valence-corrected chi connectivity index (χ2v) is 8.11. The van der Waals surface area contributed by atoms with E-state index in [-0.39, 0.29) is 5.38 Å². The van der Waals surface area contributed by atoms with Crippen LogP contribution in [0.1, 0.15) is 24.5 Å². The zero-order valence-electron chi connectivity index (χ0n) is 10.8. The van der Waals surface area contributed by atoms with Crippen molar-refractivity contribution >= 4 is 57.0 Å². The first kappa shape index (κ1) is 14.0. The van der Waals surface area contributed by atoms with Gasteiger partial charge in [-0.25, -0.2) is 4.98 Å². The molecule has 1 aliphatic heterocycles. The van der Waals surface area contributed by atoms with Crippen LogP contribution < -0.4 is 0 Å². The van der Waals surface area contributed by atoms with Crippen LogP contribution in [0.25, 0.3) is 11.0 Å². The van der Waals surface area contributed by atoms with E-state index in [0.717, 1.165) is 23.8 Å². The summed E-state index contributed by atoms with van der Waals surface area (Å²) in [6, 6.07) is 6.46. The fraction of sp³-hybridized carbons (Fsp3) is 0.500. The monoisotopic (exact) mass is 406 g/mol. The molecule has 2 heterocycles. The van der Waals surface area contributed by atoms with Crippen molar-refractivity contribution in [3.8, 4) is 0 Å². The Morgan fingerprint density at radius 3 is 3.11 bits per heavy atom. The zero-order valence-corrected chi connectivity index (χ0v) is 14.5. The minimum absolute atomic E-state index is 0.0425. The molecule has 1 fully saturated rings. The third-order valence-electron chi connectivity index (χ3n) is 3.56. The Labute approximate surface area is 136 Å². The van der Waals surface area contributed by atoms with Gasteiger partial charge in [0.25, 0.3) is 0 Å². The molecule has 1 aliphatic rings. The lowest BCUT2D eigenvalue weighted by Crippen LogP contribution is -2.13. The van der Waals surface area contributed by atoms with Crippen molar-refractivity contribution in [2.24, 2.45) is 5.92 Å². The van der Waals surface area contributed by atoms with E-state index in [1.807, 2.05) is 6.92 Å². The maximum Gasteiger partial charge on any atom is 0.127 e. The van der Waals surface area contributed by atoms with E-state index in [0.29, 0.717) is 0 Å².